The Morgan fingerprint density at radius 3 is 2.59 bits per heavy atom. The highest BCUT2D eigenvalue weighted by atomic mass is 16.1. The van der Waals surface area contributed by atoms with Crippen molar-refractivity contribution in [3.05, 3.63) is 87.5 Å². The molecule has 0 aliphatic heterocycles. The van der Waals surface area contributed by atoms with Crippen molar-refractivity contribution < 1.29 is 0 Å². The highest BCUT2D eigenvalue weighted by Gasteiger charge is 2.34. The van der Waals surface area contributed by atoms with E-state index in [1.54, 1.807) is 0 Å². The maximum Gasteiger partial charge on any atom is 0.252 e. The minimum atomic E-state index is -0.00918. The molecule has 2 aromatic carbocycles. The van der Waals surface area contributed by atoms with Gasteiger partial charge in [-0.3, -0.25) is 9.69 Å². The van der Waals surface area contributed by atoms with Gasteiger partial charge in [0.25, 0.3) is 5.56 Å². The minimum absolute atomic E-state index is 0.00918. The monoisotopic (exact) mass is 498 g/mol. The van der Waals surface area contributed by atoms with Crippen LogP contribution < -0.4 is 5.56 Å². The molecule has 1 fully saturated rings. The van der Waals surface area contributed by atoms with E-state index in [0.717, 1.165) is 53.7 Å². The van der Waals surface area contributed by atoms with Crippen molar-refractivity contribution in [1.29, 1.82) is 0 Å². The molecule has 2 heterocycles. The lowest BCUT2D eigenvalue weighted by molar-refractivity contribution is 0.0608. The lowest BCUT2D eigenvalue weighted by Gasteiger charge is -2.41. The molecular weight excluding hydrogens is 460 g/mol. The van der Waals surface area contributed by atoms with Gasteiger partial charge < -0.3 is 4.98 Å². The van der Waals surface area contributed by atoms with Crippen molar-refractivity contribution in [2.45, 2.75) is 84.5 Å². The third-order valence-corrected chi connectivity index (χ3v) is 7.74. The molecule has 1 saturated carbocycles. The molecule has 0 radical (unpaired) electrons. The summed E-state index contributed by atoms with van der Waals surface area (Å²) in [4.78, 5) is 18.9. The van der Waals surface area contributed by atoms with Crippen LogP contribution in [0.3, 0.4) is 0 Å². The average molecular weight is 499 g/mol. The zero-order chi connectivity index (χ0) is 25.8. The number of tetrazole rings is 1. The van der Waals surface area contributed by atoms with Crippen molar-refractivity contribution in [1.82, 2.24) is 30.1 Å². The molecule has 0 amide bonds. The molecule has 0 spiro atoms. The van der Waals surface area contributed by atoms with Crippen LogP contribution in [-0.2, 0) is 19.5 Å². The number of rotatable bonds is 9. The van der Waals surface area contributed by atoms with Gasteiger partial charge in [0.1, 0.15) is 0 Å². The van der Waals surface area contributed by atoms with Gasteiger partial charge in [0.15, 0.2) is 5.82 Å². The predicted octanol–water partition coefficient (Wildman–Crippen LogP) is 5.60. The first kappa shape index (κ1) is 25.3. The van der Waals surface area contributed by atoms with Crippen LogP contribution in [0.2, 0.25) is 0 Å². The summed E-state index contributed by atoms with van der Waals surface area (Å²) >= 11 is 0. The van der Waals surface area contributed by atoms with Crippen molar-refractivity contribution in [2.75, 3.05) is 0 Å². The summed E-state index contributed by atoms with van der Waals surface area (Å²) in [5.41, 5.74) is 4.10. The van der Waals surface area contributed by atoms with Crippen LogP contribution in [0.25, 0.3) is 10.9 Å². The Balaban J connectivity index is 1.49. The van der Waals surface area contributed by atoms with E-state index in [1.165, 1.54) is 24.8 Å². The molecule has 37 heavy (non-hydrogen) atoms. The molecule has 0 bridgehead atoms. The van der Waals surface area contributed by atoms with Gasteiger partial charge >= 0.3 is 0 Å². The van der Waals surface area contributed by atoms with Gasteiger partial charge in [-0.1, -0.05) is 75.6 Å². The Labute approximate surface area is 218 Å². The number of aromatic amines is 1. The standard InChI is InChI=1S/C30H38N6O/c1-21(2)28(29-32-33-34-36(29)17-16-23-10-6-4-7-11-23)35(26-12-8-5-9-13-26)20-25-19-24-15-14-22(3)18-27(24)31-30(25)37/h4,6-7,10-11,14-15,18-19,21,26,28H,5,8-9,12-13,16-17,20H2,1-3H3,(H,31,37)/t28-/m0/s1. The minimum Gasteiger partial charge on any atom is -0.322 e. The summed E-state index contributed by atoms with van der Waals surface area (Å²) < 4.78 is 1.97. The first-order chi connectivity index (χ1) is 18.0. The van der Waals surface area contributed by atoms with Crippen LogP contribution in [0.4, 0.5) is 0 Å². The summed E-state index contributed by atoms with van der Waals surface area (Å²) in [7, 11) is 0. The highest BCUT2D eigenvalue weighted by Crippen LogP contribution is 2.35. The third kappa shape index (κ3) is 5.82. The van der Waals surface area contributed by atoms with E-state index in [4.69, 9.17) is 0 Å². The summed E-state index contributed by atoms with van der Waals surface area (Å²) in [6.45, 7) is 7.84. The third-order valence-electron chi connectivity index (χ3n) is 7.74. The summed E-state index contributed by atoms with van der Waals surface area (Å²) in [5.74, 6) is 1.18. The number of fused-ring (bicyclic) bond motifs is 1. The molecule has 0 unspecified atom stereocenters. The maximum absolute atomic E-state index is 13.2. The Hall–Kier alpha value is -3.32. The highest BCUT2D eigenvalue weighted by molar-refractivity contribution is 5.79. The molecule has 1 atom stereocenters. The lowest BCUT2D eigenvalue weighted by Crippen LogP contribution is -2.43. The number of aryl methyl sites for hydroxylation is 3. The van der Waals surface area contributed by atoms with Gasteiger partial charge in [-0.15, -0.1) is 5.10 Å². The molecule has 0 saturated heterocycles. The maximum atomic E-state index is 13.2. The van der Waals surface area contributed by atoms with E-state index >= 15 is 0 Å². The summed E-state index contributed by atoms with van der Waals surface area (Å²) in [6, 6.07) is 19.2. The first-order valence-electron chi connectivity index (χ1n) is 13.7. The molecule has 1 aliphatic rings. The number of hydrogen-bond donors (Lipinski definition) is 1. The van der Waals surface area contributed by atoms with Crippen molar-refractivity contribution in [3.8, 4) is 0 Å². The van der Waals surface area contributed by atoms with Crippen LogP contribution in [-0.4, -0.2) is 36.1 Å². The van der Waals surface area contributed by atoms with Gasteiger partial charge in [-0.25, -0.2) is 4.68 Å². The molecular formula is C30H38N6O. The number of nitrogens with zero attached hydrogens (tertiary/aromatic N) is 5. The summed E-state index contributed by atoms with van der Waals surface area (Å²) in [6.07, 6.45) is 6.87. The van der Waals surface area contributed by atoms with Crippen LogP contribution in [0.1, 0.15) is 74.5 Å². The fraction of sp³-hybridized carbons (Fsp3) is 0.467. The second-order valence-corrected chi connectivity index (χ2v) is 10.9. The van der Waals surface area contributed by atoms with Gasteiger partial charge in [0, 0.05) is 30.2 Å². The van der Waals surface area contributed by atoms with Crippen LogP contribution >= 0.6 is 0 Å². The molecule has 1 aliphatic carbocycles. The smallest absolute Gasteiger partial charge is 0.252 e. The topological polar surface area (TPSA) is 79.7 Å². The van der Waals surface area contributed by atoms with Crippen molar-refractivity contribution >= 4 is 10.9 Å². The van der Waals surface area contributed by atoms with Gasteiger partial charge in [0.2, 0.25) is 0 Å². The quantitative estimate of drug-likeness (QED) is 0.325. The lowest BCUT2D eigenvalue weighted by atomic mass is 9.90. The normalized spacial score (nSPS) is 15.6. The van der Waals surface area contributed by atoms with Crippen molar-refractivity contribution in [2.24, 2.45) is 5.92 Å². The van der Waals surface area contributed by atoms with Crippen LogP contribution in [0.5, 0.6) is 0 Å². The SMILES string of the molecule is Cc1ccc2cc(CN(C3CCCCC3)[C@H](c3nnnn3CCc3ccccc3)C(C)C)c(=O)[nH]c2c1. The predicted molar refractivity (Wildman–Crippen MR) is 147 cm³/mol. The van der Waals surface area contributed by atoms with E-state index in [0.29, 0.717) is 12.6 Å². The molecule has 1 N–H and O–H groups in total. The van der Waals surface area contributed by atoms with E-state index in [1.807, 2.05) is 23.7 Å². The Morgan fingerprint density at radius 1 is 1.05 bits per heavy atom. The van der Waals surface area contributed by atoms with E-state index in [9.17, 15) is 4.79 Å². The number of pyridine rings is 1. The fourth-order valence-corrected chi connectivity index (χ4v) is 5.83. The zero-order valence-corrected chi connectivity index (χ0v) is 22.2. The number of H-pyrrole nitrogens is 1. The zero-order valence-electron chi connectivity index (χ0n) is 22.2. The fourth-order valence-electron chi connectivity index (χ4n) is 5.83. The number of aromatic nitrogens is 5. The van der Waals surface area contributed by atoms with Crippen LogP contribution in [0, 0.1) is 12.8 Å². The molecule has 5 rings (SSSR count). The van der Waals surface area contributed by atoms with Gasteiger partial charge in [-0.2, -0.15) is 0 Å². The molecule has 7 nitrogen and oxygen atoms in total. The van der Waals surface area contributed by atoms with Gasteiger partial charge in [-0.05, 0) is 71.2 Å². The molecule has 7 heteroatoms. The summed E-state index contributed by atoms with van der Waals surface area (Å²) in [5, 5.41) is 14.1. The Bertz CT molecular complexity index is 1370. The molecule has 2 aromatic heterocycles. The largest absolute Gasteiger partial charge is 0.322 e. The molecule has 194 valence electrons. The number of hydrogen-bond acceptors (Lipinski definition) is 5. The average Bonchev–Trinajstić information content (AvgIpc) is 3.36. The first-order valence-corrected chi connectivity index (χ1v) is 13.7. The van der Waals surface area contributed by atoms with Gasteiger partial charge in [0.05, 0.1) is 6.04 Å². The van der Waals surface area contributed by atoms with Crippen molar-refractivity contribution in [3.63, 3.8) is 0 Å². The van der Waals surface area contributed by atoms with Crippen LogP contribution in [0.15, 0.2) is 59.4 Å². The Morgan fingerprint density at radius 2 is 1.84 bits per heavy atom. The van der Waals surface area contributed by atoms with E-state index in [2.05, 4.69) is 81.7 Å². The Kier molecular flexibility index (Phi) is 7.79. The van der Waals surface area contributed by atoms with E-state index in [-0.39, 0.29) is 17.5 Å². The van der Waals surface area contributed by atoms with E-state index < -0.39 is 0 Å². The number of nitrogens with one attached hydrogen (secondary N) is 1. The molecule has 4 aromatic rings. The second-order valence-electron chi connectivity index (χ2n) is 10.9. The second kappa shape index (κ2) is 11.4. The number of benzene rings is 2.